The highest BCUT2D eigenvalue weighted by Crippen LogP contribution is 2.10. The van der Waals surface area contributed by atoms with E-state index in [9.17, 15) is 9.59 Å². The molecule has 24 heavy (non-hydrogen) atoms. The van der Waals surface area contributed by atoms with Crippen molar-refractivity contribution >= 4 is 11.8 Å². The van der Waals surface area contributed by atoms with Crippen molar-refractivity contribution in [3.8, 4) is 5.75 Å². The fraction of sp³-hybridized carbons (Fsp3) is 0.278. The molecule has 0 radical (unpaired) electrons. The largest absolute Gasteiger partial charge is 0.484 e. The lowest BCUT2D eigenvalue weighted by atomic mass is 10.2. The van der Waals surface area contributed by atoms with E-state index in [0.29, 0.717) is 12.3 Å². The predicted molar refractivity (Wildman–Crippen MR) is 90.4 cm³/mol. The van der Waals surface area contributed by atoms with Crippen molar-refractivity contribution < 1.29 is 14.3 Å². The first kappa shape index (κ1) is 17.5. The SMILES string of the molecule is Cc1ccc(OCC(=O)N[C@@H](C)C(=O)NCc2cccnc2)cc1. The minimum atomic E-state index is -0.643. The van der Waals surface area contributed by atoms with E-state index in [1.54, 1.807) is 37.5 Å². The summed E-state index contributed by atoms with van der Waals surface area (Å²) in [5, 5.41) is 5.36. The molecule has 0 fully saturated rings. The second kappa shape index (κ2) is 8.67. The van der Waals surface area contributed by atoms with E-state index in [1.165, 1.54) is 0 Å². The van der Waals surface area contributed by atoms with E-state index in [2.05, 4.69) is 15.6 Å². The molecule has 2 N–H and O–H groups in total. The third kappa shape index (κ3) is 5.72. The summed E-state index contributed by atoms with van der Waals surface area (Å²) in [6.07, 6.45) is 3.35. The Kier molecular flexibility index (Phi) is 6.31. The Hall–Kier alpha value is -2.89. The molecule has 0 bridgehead atoms. The molecule has 2 aromatic rings. The van der Waals surface area contributed by atoms with Crippen LogP contribution in [-0.2, 0) is 16.1 Å². The van der Waals surface area contributed by atoms with Gasteiger partial charge >= 0.3 is 0 Å². The van der Waals surface area contributed by atoms with Gasteiger partial charge < -0.3 is 15.4 Å². The van der Waals surface area contributed by atoms with Crippen LogP contribution < -0.4 is 15.4 Å². The van der Waals surface area contributed by atoms with Crippen LogP contribution in [0, 0.1) is 6.92 Å². The number of ether oxygens (including phenoxy) is 1. The molecule has 2 rings (SSSR count). The summed E-state index contributed by atoms with van der Waals surface area (Å²) in [4.78, 5) is 27.8. The lowest BCUT2D eigenvalue weighted by molar-refractivity contribution is -0.129. The number of nitrogens with one attached hydrogen (secondary N) is 2. The second-order valence-corrected chi connectivity index (χ2v) is 5.47. The molecule has 1 aromatic carbocycles. The van der Waals surface area contributed by atoms with Crippen LogP contribution in [0.1, 0.15) is 18.1 Å². The molecule has 0 spiro atoms. The zero-order valence-electron chi connectivity index (χ0n) is 13.8. The number of nitrogens with zero attached hydrogens (tertiary/aromatic N) is 1. The van der Waals surface area contributed by atoms with E-state index in [-0.39, 0.29) is 18.4 Å². The zero-order chi connectivity index (χ0) is 17.4. The molecular formula is C18H21N3O3. The van der Waals surface area contributed by atoms with Gasteiger partial charge in [-0.3, -0.25) is 14.6 Å². The number of amides is 2. The van der Waals surface area contributed by atoms with E-state index in [0.717, 1.165) is 11.1 Å². The molecule has 6 nitrogen and oxygen atoms in total. The number of carbonyl (C=O) groups excluding carboxylic acids is 2. The summed E-state index contributed by atoms with van der Waals surface area (Å²) < 4.78 is 5.38. The maximum atomic E-state index is 12.0. The first-order chi connectivity index (χ1) is 11.5. The van der Waals surface area contributed by atoms with Crippen molar-refractivity contribution in [3.63, 3.8) is 0 Å². The van der Waals surface area contributed by atoms with Gasteiger partial charge in [-0.25, -0.2) is 0 Å². The fourth-order valence-electron chi connectivity index (χ4n) is 1.98. The van der Waals surface area contributed by atoms with Gasteiger partial charge in [0.1, 0.15) is 11.8 Å². The van der Waals surface area contributed by atoms with E-state index in [1.807, 2.05) is 25.1 Å². The second-order valence-electron chi connectivity index (χ2n) is 5.47. The van der Waals surface area contributed by atoms with Gasteiger partial charge in [-0.2, -0.15) is 0 Å². The Labute approximate surface area is 141 Å². The molecule has 6 heteroatoms. The smallest absolute Gasteiger partial charge is 0.258 e. The molecule has 1 heterocycles. The van der Waals surface area contributed by atoms with Gasteiger partial charge in [-0.1, -0.05) is 23.8 Å². The molecule has 1 aromatic heterocycles. The van der Waals surface area contributed by atoms with Gasteiger partial charge in [-0.15, -0.1) is 0 Å². The van der Waals surface area contributed by atoms with Crippen molar-refractivity contribution in [1.29, 1.82) is 0 Å². The van der Waals surface area contributed by atoms with E-state index >= 15 is 0 Å². The average molecular weight is 327 g/mol. The fourth-order valence-corrected chi connectivity index (χ4v) is 1.98. The maximum absolute atomic E-state index is 12.0. The normalized spacial score (nSPS) is 11.4. The molecule has 126 valence electrons. The molecule has 0 unspecified atom stereocenters. The van der Waals surface area contributed by atoms with Crippen LogP contribution in [0.3, 0.4) is 0 Å². The Morgan fingerprint density at radius 3 is 2.62 bits per heavy atom. The molecule has 2 amide bonds. The summed E-state index contributed by atoms with van der Waals surface area (Å²) in [5.41, 5.74) is 2.01. The van der Waals surface area contributed by atoms with Crippen LogP contribution in [-0.4, -0.2) is 29.4 Å². The quantitative estimate of drug-likeness (QED) is 0.809. The standard InChI is InChI=1S/C18H21N3O3/c1-13-5-7-16(8-6-13)24-12-17(22)21-14(2)18(23)20-11-15-4-3-9-19-10-15/h3-10,14H,11-12H2,1-2H3,(H,20,23)(H,21,22)/t14-/m0/s1. The van der Waals surface area contributed by atoms with Crippen LogP contribution in [0.25, 0.3) is 0 Å². The van der Waals surface area contributed by atoms with Gasteiger partial charge in [0.15, 0.2) is 6.61 Å². The molecule has 0 saturated heterocycles. The Morgan fingerprint density at radius 2 is 1.96 bits per heavy atom. The lowest BCUT2D eigenvalue weighted by Crippen LogP contribution is -2.46. The Balaban J connectivity index is 1.72. The molecule has 1 atom stereocenters. The van der Waals surface area contributed by atoms with Crippen LogP contribution >= 0.6 is 0 Å². The predicted octanol–water partition coefficient (Wildman–Crippen LogP) is 1.59. The number of hydrogen-bond donors (Lipinski definition) is 2. The van der Waals surface area contributed by atoms with Crippen LogP contribution in [0.15, 0.2) is 48.8 Å². The van der Waals surface area contributed by atoms with Crippen LogP contribution in [0.2, 0.25) is 0 Å². The third-order valence-electron chi connectivity index (χ3n) is 3.35. The highest BCUT2D eigenvalue weighted by atomic mass is 16.5. The number of aromatic nitrogens is 1. The minimum Gasteiger partial charge on any atom is -0.484 e. The number of benzene rings is 1. The van der Waals surface area contributed by atoms with E-state index < -0.39 is 6.04 Å². The van der Waals surface area contributed by atoms with Gasteiger partial charge in [-0.05, 0) is 37.6 Å². The number of aryl methyl sites for hydroxylation is 1. The lowest BCUT2D eigenvalue weighted by Gasteiger charge is -2.14. The van der Waals surface area contributed by atoms with Crippen molar-refractivity contribution in [2.24, 2.45) is 0 Å². The van der Waals surface area contributed by atoms with Crippen molar-refractivity contribution in [3.05, 3.63) is 59.9 Å². The van der Waals surface area contributed by atoms with Crippen LogP contribution in [0.4, 0.5) is 0 Å². The summed E-state index contributed by atoms with van der Waals surface area (Å²) in [7, 11) is 0. The third-order valence-corrected chi connectivity index (χ3v) is 3.35. The Bertz CT molecular complexity index is 672. The number of carbonyl (C=O) groups is 2. The van der Waals surface area contributed by atoms with Gasteiger partial charge in [0.25, 0.3) is 5.91 Å². The average Bonchev–Trinajstić information content (AvgIpc) is 2.60. The van der Waals surface area contributed by atoms with Crippen LogP contribution in [0.5, 0.6) is 5.75 Å². The molecular weight excluding hydrogens is 306 g/mol. The van der Waals surface area contributed by atoms with Gasteiger partial charge in [0.2, 0.25) is 5.91 Å². The van der Waals surface area contributed by atoms with Gasteiger partial charge in [0, 0.05) is 18.9 Å². The number of rotatable bonds is 7. The number of pyridine rings is 1. The van der Waals surface area contributed by atoms with E-state index in [4.69, 9.17) is 4.74 Å². The highest BCUT2D eigenvalue weighted by molar-refractivity contribution is 5.87. The highest BCUT2D eigenvalue weighted by Gasteiger charge is 2.15. The summed E-state index contributed by atoms with van der Waals surface area (Å²) in [5.74, 6) is 0.00609. The van der Waals surface area contributed by atoms with Crippen molar-refractivity contribution in [2.45, 2.75) is 26.4 Å². The summed E-state index contributed by atoms with van der Waals surface area (Å²) in [6.45, 7) is 3.83. The minimum absolute atomic E-state index is 0.136. The molecule has 0 saturated carbocycles. The van der Waals surface area contributed by atoms with Crippen molar-refractivity contribution in [1.82, 2.24) is 15.6 Å². The number of hydrogen-bond acceptors (Lipinski definition) is 4. The first-order valence-electron chi connectivity index (χ1n) is 7.70. The Morgan fingerprint density at radius 1 is 1.21 bits per heavy atom. The molecule has 0 aliphatic carbocycles. The maximum Gasteiger partial charge on any atom is 0.258 e. The molecule has 0 aliphatic rings. The summed E-state index contributed by atoms with van der Waals surface area (Å²) in [6, 6.07) is 10.4. The first-order valence-corrected chi connectivity index (χ1v) is 7.70. The van der Waals surface area contributed by atoms with Gasteiger partial charge in [0.05, 0.1) is 0 Å². The molecule has 0 aliphatic heterocycles. The monoisotopic (exact) mass is 327 g/mol. The zero-order valence-corrected chi connectivity index (χ0v) is 13.8. The topological polar surface area (TPSA) is 80.3 Å². The summed E-state index contributed by atoms with van der Waals surface area (Å²) >= 11 is 0. The van der Waals surface area contributed by atoms with Crippen molar-refractivity contribution in [2.75, 3.05) is 6.61 Å².